The van der Waals surface area contributed by atoms with Crippen LogP contribution in [0.25, 0.3) is 0 Å². The van der Waals surface area contributed by atoms with E-state index in [-0.39, 0.29) is 47.9 Å². The van der Waals surface area contributed by atoms with Gasteiger partial charge in [-0.3, -0.25) is 9.59 Å². The molecule has 0 bridgehead atoms. The number of carbonyl (C=O) groups excluding carboxylic acids is 2. The zero-order valence-electron chi connectivity index (χ0n) is 23.1. The maximum absolute atomic E-state index is 16.0. The quantitative estimate of drug-likeness (QED) is 0.456. The van der Waals surface area contributed by atoms with Crippen LogP contribution in [0.3, 0.4) is 0 Å². The Morgan fingerprint density at radius 3 is 2.69 bits per heavy atom. The Hall–Kier alpha value is -1.55. The molecule has 0 spiro atoms. The van der Waals surface area contributed by atoms with Gasteiger partial charge in [0.25, 0.3) is 5.91 Å². The molecule has 4 heterocycles. The Balaban J connectivity index is 1.18. The van der Waals surface area contributed by atoms with E-state index in [0.717, 1.165) is 38.8 Å². The summed E-state index contributed by atoms with van der Waals surface area (Å²) in [4.78, 5) is 31.5. The van der Waals surface area contributed by atoms with Gasteiger partial charge in [-0.25, -0.2) is 4.39 Å². The number of morpholine rings is 1. The van der Waals surface area contributed by atoms with Gasteiger partial charge in [0.1, 0.15) is 6.17 Å². The molecule has 8 nitrogen and oxygen atoms in total. The van der Waals surface area contributed by atoms with E-state index in [0.29, 0.717) is 31.0 Å². The van der Waals surface area contributed by atoms with Crippen LogP contribution in [0, 0.1) is 17.8 Å². The molecule has 4 N–H and O–H groups in total. The Labute approximate surface area is 231 Å². The summed E-state index contributed by atoms with van der Waals surface area (Å²) < 4.78 is 22.9. The average molecular weight is 544 g/mol. The summed E-state index contributed by atoms with van der Waals surface area (Å²) in [6, 6.07) is -0.0612. The predicted molar refractivity (Wildman–Crippen MR) is 145 cm³/mol. The van der Waals surface area contributed by atoms with Gasteiger partial charge in [0, 0.05) is 37.3 Å². The molecule has 9 heteroatoms. The second kappa shape index (κ2) is 10.7. The SMILES string of the molecule is N[C@@H]1CCN(C(=O)C2=CN3C4CC5CCCCC5CC4OC4C(NCCC5CCCN5)C(F)CC(C2=O)C43)C1. The Bertz CT molecular complexity index is 988. The number of fused-ring (bicyclic) bond motifs is 3. The maximum Gasteiger partial charge on any atom is 0.259 e. The van der Waals surface area contributed by atoms with Crippen molar-refractivity contribution in [2.45, 2.75) is 119 Å². The van der Waals surface area contributed by atoms with Crippen molar-refractivity contribution in [3.05, 3.63) is 11.8 Å². The number of halogens is 1. The smallest absolute Gasteiger partial charge is 0.259 e. The minimum Gasteiger partial charge on any atom is -0.369 e. The first-order chi connectivity index (χ1) is 19.0. The lowest BCUT2D eigenvalue weighted by Crippen LogP contribution is -2.73. The van der Waals surface area contributed by atoms with Crippen LogP contribution < -0.4 is 16.4 Å². The number of rotatable bonds is 5. The number of hydrogen-bond acceptors (Lipinski definition) is 7. The lowest BCUT2D eigenvalue weighted by Gasteiger charge is -2.61. The third kappa shape index (κ3) is 4.75. The molecule has 10 unspecified atom stereocenters. The largest absolute Gasteiger partial charge is 0.369 e. The van der Waals surface area contributed by atoms with Crippen LogP contribution in [0.4, 0.5) is 4.39 Å². The molecule has 3 saturated carbocycles. The Kier molecular flexibility index (Phi) is 7.23. The van der Waals surface area contributed by atoms with E-state index >= 15 is 4.39 Å². The van der Waals surface area contributed by atoms with E-state index in [1.807, 2.05) is 6.20 Å². The number of ketones is 1. The zero-order valence-corrected chi connectivity index (χ0v) is 23.1. The molecule has 0 aromatic carbocycles. The van der Waals surface area contributed by atoms with E-state index in [1.165, 1.54) is 38.5 Å². The van der Waals surface area contributed by atoms with Crippen LogP contribution >= 0.6 is 0 Å². The van der Waals surface area contributed by atoms with Crippen molar-refractivity contribution in [3.63, 3.8) is 0 Å². The molecule has 6 fully saturated rings. The van der Waals surface area contributed by atoms with Crippen molar-refractivity contribution in [1.29, 1.82) is 0 Å². The molecule has 3 aliphatic carbocycles. The van der Waals surface area contributed by atoms with E-state index in [1.54, 1.807) is 4.90 Å². The number of alkyl halides is 1. The van der Waals surface area contributed by atoms with Crippen molar-refractivity contribution in [1.82, 2.24) is 20.4 Å². The highest BCUT2D eigenvalue weighted by atomic mass is 19.1. The van der Waals surface area contributed by atoms with Crippen molar-refractivity contribution in [3.8, 4) is 0 Å². The monoisotopic (exact) mass is 543 g/mol. The third-order valence-corrected chi connectivity index (χ3v) is 11.3. The van der Waals surface area contributed by atoms with E-state index in [4.69, 9.17) is 10.5 Å². The fraction of sp³-hybridized carbons (Fsp3) is 0.867. The second-order valence-corrected chi connectivity index (χ2v) is 13.5. The van der Waals surface area contributed by atoms with Crippen LogP contribution in [0.15, 0.2) is 11.8 Å². The first-order valence-electron chi connectivity index (χ1n) is 15.8. The van der Waals surface area contributed by atoms with Crippen LogP contribution in [0.1, 0.15) is 70.6 Å². The first-order valence-corrected chi connectivity index (χ1v) is 15.8. The molecule has 0 aromatic rings. The van der Waals surface area contributed by atoms with Gasteiger partial charge in [-0.2, -0.15) is 0 Å². The normalized spacial score (nSPS) is 45.4. The van der Waals surface area contributed by atoms with E-state index < -0.39 is 24.2 Å². The van der Waals surface area contributed by atoms with Crippen LogP contribution in [-0.4, -0.2) is 96.3 Å². The highest BCUT2D eigenvalue weighted by molar-refractivity contribution is 6.20. The summed E-state index contributed by atoms with van der Waals surface area (Å²) in [7, 11) is 0. The molecule has 39 heavy (non-hydrogen) atoms. The van der Waals surface area contributed by atoms with Gasteiger partial charge in [0.2, 0.25) is 0 Å². The molecule has 4 aliphatic heterocycles. The molecule has 216 valence electrons. The Morgan fingerprint density at radius 2 is 1.95 bits per heavy atom. The maximum atomic E-state index is 16.0. The van der Waals surface area contributed by atoms with Crippen molar-refractivity contribution in [2.24, 2.45) is 23.5 Å². The molecular weight excluding hydrogens is 497 g/mol. The van der Waals surface area contributed by atoms with Gasteiger partial charge in [-0.1, -0.05) is 25.7 Å². The minimum atomic E-state index is -1.18. The molecule has 3 saturated heterocycles. The number of Topliss-reactive ketones (excluding diaryl/α,β-unsaturated/α-hetero) is 1. The number of likely N-dealkylation sites (tertiary alicyclic amines) is 1. The molecule has 11 atom stereocenters. The summed E-state index contributed by atoms with van der Waals surface area (Å²) in [5, 5.41) is 7.08. The van der Waals surface area contributed by atoms with E-state index in [2.05, 4.69) is 15.5 Å². The highest BCUT2D eigenvalue weighted by Gasteiger charge is 2.59. The molecule has 7 aliphatic rings. The molecule has 0 aromatic heterocycles. The molecule has 1 amide bonds. The topological polar surface area (TPSA) is 99.9 Å². The standard InChI is InChI=1S/C30H46FN5O3/c31-23-14-21-27-29(26(23)34-10-7-20-6-3-9-33-20)39-25-13-18-5-2-1-4-17(18)12-24(25)36(27)16-22(28(21)37)30(38)35-11-8-19(32)15-35/h16-21,23-27,29,33-34H,1-15,32H2/t17?,18?,19-,20?,21?,23?,24?,25?,26?,27?,29?/m1/s1. The van der Waals surface area contributed by atoms with Crippen LogP contribution in [0.2, 0.25) is 0 Å². The highest BCUT2D eigenvalue weighted by Crippen LogP contribution is 2.50. The summed E-state index contributed by atoms with van der Waals surface area (Å²) in [6.07, 6.45) is 11.7. The lowest BCUT2D eigenvalue weighted by molar-refractivity contribution is -0.208. The number of nitrogens with one attached hydrogen (secondary N) is 2. The number of carbonyl (C=O) groups is 2. The Morgan fingerprint density at radius 1 is 1.13 bits per heavy atom. The summed E-state index contributed by atoms with van der Waals surface area (Å²) in [5.74, 6) is 0.364. The predicted octanol–water partition coefficient (Wildman–Crippen LogP) is 1.88. The van der Waals surface area contributed by atoms with Crippen molar-refractivity contribution in [2.75, 3.05) is 26.2 Å². The lowest BCUT2D eigenvalue weighted by atomic mass is 9.65. The zero-order chi connectivity index (χ0) is 26.7. The molecule has 0 radical (unpaired) electrons. The number of ether oxygens (including phenoxy) is 1. The van der Waals surface area contributed by atoms with Gasteiger partial charge in [0.15, 0.2) is 5.78 Å². The summed E-state index contributed by atoms with van der Waals surface area (Å²) in [5.41, 5.74) is 6.33. The van der Waals surface area contributed by atoms with Crippen LogP contribution in [-0.2, 0) is 14.3 Å². The van der Waals surface area contributed by atoms with Gasteiger partial charge in [0.05, 0.1) is 35.9 Å². The van der Waals surface area contributed by atoms with Crippen molar-refractivity contribution >= 4 is 11.7 Å². The number of amides is 1. The van der Waals surface area contributed by atoms with Gasteiger partial charge < -0.3 is 30.9 Å². The molecule has 7 rings (SSSR count). The third-order valence-electron chi connectivity index (χ3n) is 11.3. The van der Waals surface area contributed by atoms with Gasteiger partial charge >= 0.3 is 0 Å². The fourth-order valence-electron chi connectivity index (χ4n) is 9.25. The number of nitrogens with zero attached hydrogens (tertiary/aromatic N) is 2. The van der Waals surface area contributed by atoms with Gasteiger partial charge in [-0.15, -0.1) is 0 Å². The van der Waals surface area contributed by atoms with Gasteiger partial charge in [-0.05, 0) is 69.9 Å². The summed E-state index contributed by atoms with van der Waals surface area (Å²) >= 11 is 0. The average Bonchev–Trinajstić information content (AvgIpc) is 3.62. The minimum absolute atomic E-state index is 0.0124. The van der Waals surface area contributed by atoms with E-state index in [9.17, 15) is 9.59 Å². The van der Waals surface area contributed by atoms with Crippen LogP contribution in [0.5, 0.6) is 0 Å². The summed E-state index contributed by atoms with van der Waals surface area (Å²) in [6.45, 7) is 2.86. The number of nitrogens with two attached hydrogens (primary N) is 1. The fourth-order valence-corrected chi connectivity index (χ4v) is 9.25. The van der Waals surface area contributed by atoms with Crippen molar-refractivity contribution < 1.29 is 18.7 Å². The number of hydrogen-bond donors (Lipinski definition) is 3. The molecular formula is C30H46FN5O3. The first kappa shape index (κ1) is 26.4. The second-order valence-electron chi connectivity index (χ2n) is 13.5.